The highest BCUT2D eigenvalue weighted by Crippen LogP contribution is 2.55. The van der Waals surface area contributed by atoms with E-state index < -0.39 is 29.3 Å². The molecule has 3 heterocycles. The van der Waals surface area contributed by atoms with Crippen molar-refractivity contribution in [2.75, 3.05) is 5.32 Å². The predicted octanol–water partition coefficient (Wildman–Crippen LogP) is 1.97. The maximum absolute atomic E-state index is 13.8. The summed E-state index contributed by atoms with van der Waals surface area (Å²) in [5, 5.41) is 6.75. The zero-order valence-corrected chi connectivity index (χ0v) is 18.7. The molecule has 32 heavy (non-hydrogen) atoms. The Hall–Kier alpha value is -2.45. The van der Waals surface area contributed by atoms with Crippen LogP contribution in [-0.2, 0) is 24.7 Å². The Morgan fingerprint density at radius 3 is 2.59 bits per heavy atom. The average Bonchev–Trinajstić information content (AvgIpc) is 3.35. The third-order valence-electron chi connectivity index (χ3n) is 7.76. The second-order valence-corrected chi connectivity index (χ2v) is 9.86. The SMILES string of the molecule is Cc1c(Cl)ccc2c1NC(=O)C21NC(CCC(N)=O)C2C(=O)N(C3CCCCC3)C(=O)C21. The van der Waals surface area contributed by atoms with E-state index in [0.717, 1.165) is 32.1 Å². The van der Waals surface area contributed by atoms with Crippen LogP contribution in [0.1, 0.15) is 56.1 Å². The molecule has 4 unspecified atom stereocenters. The number of nitrogens with one attached hydrogen (secondary N) is 2. The lowest BCUT2D eigenvalue weighted by atomic mass is 9.76. The molecule has 1 aromatic carbocycles. The van der Waals surface area contributed by atoms with Crippen molar-refractivity contribution in [2.45, 2.75) is 69.5 Å². The number of halogens is 1. The summed E-state index contributed by atoms with van der Waals surface area (Å²) < 4.78 is 0. The minimum Gasteiger partial charge on any atom is -0.370 e. The fraction of sp³-hybridized carbons (Fsp3) is 0.565. The minimum absolute atomic E-state index is 0.0655. The van der Waals surface area contributed by atoms with Gasteiger partial charge in [0, 0.05) is 29.1 Å². The van der Waals surface area contributed by atoms with Gasteiger partial charge in [-0.15, -0.1) is 0 Å². The number of primary amides is 1. The first-order valence-corrected chi connectivity index (χ1v) is 11.7. The summed E-state index contributed by atoms with van der Waals surface area (Å²) in [5.74, 6) is -2.95. The molecule has 4 atom stereocenters. The van der Waals surface area contributed by atoms with Crippen LogP contribution in [0.3, 0.4) is 0 Å². The van der Waals surface area contributed by atoms with Gasteiger partial charge < -0.3 is 11.1 Å². The fourth-order valence-electron chi connectivity index (χ4n) is 6.26. The van der Waals surface area contributed by atoms with Crippen LogP contribution in [0.2, 0.25) is 5.02 Å². The summed E-state index contributed by atoms with van der Waals surface area (Å²) >= 11 is 6.28. The molecule has 4 aliphatic rings. The zero-order chi connectivity index (χ0) is 22.8. The lowest BCUT2D eigenvalue weighted by Crippen LogP contribution is -2.54. The van der Waals surface area contributed by atoms with E-state index in [1.807, 2.05) is 6.92 Å². The second-order valence-electron chi connectivity index (χ2n) is 9.45. The van der Waals surface area contributed by atoms with E-state index in [1.54, 1.807) is 12.1 Å². The molecule has 0 aromatic heterocycles. The lowest BCUT2D eigenvalue weighted by molar-refractivity contribution is -0.146. The summed E-state index contributed by atoms with van der Waals surface area (Å²) in [5.41, 5.74) is 5.94. The molecule has 5 rings (SSSR count). The molecule has 0 radical (unpaired) electrons. The number of carbonyl (C=O) groups excluding carboxylic acids is 4. The number of fused-ring (bicyclic) bond motifs is 4. The van der Waals surface area contributed by atoms with Crippen molar-refractivity contribution in [2.24, 2.45) is 17.6 Å². The van der Waals surface area contributed by atoms with Gasteiger partial charge in [0.2, 0.25) is 23.6 Å². The van der Waals surface area contributed by atoms with Crippen molar-refractivity contribution >= 4 is 40.9 Å². The molecule has 8 nitrogen and oxygen atoms in total. The highest BCUT2D eigenvalue weighted by atomic mass is 35.5. The van der Waals surface area contributed by atoms with E-state index in [9.17, 15) is 19.2 Å². The van der Waals surface area contributed by atoms with E-state index in [0.29, 0.717) is 21.8 Å². The van der Waals surface area contributed by atoms with Crippen LogP contribution < -0.4 is 16.4 Å². The number of anilines is 1. The van der Waals surface area contributed by atoms with Crippen LogP contribution in [-0.4, -0.2) is 40.6 Å². The Bertz CT molecular complexity index is 1040. The van der Waals surface area contributed by atoms with Crippen LogP contribution in [0.5, 0.6) is 0 Å². The quantitative estimate of drug-likeness (QED) is 0.595. The van der Waals surface area contributed by atoms with Crippen molar-refractivity contribution in [3.63, 3.8) is 0 Å². The van der Waals surface area contributed by atoms with E-state index in [2.05, 4.69) is 10.6 Å². The largest absolute Gasteiger partial charge is 0.370 e. The number of hydrogen-bond acceptors (Lipinski definition) is 5. The number of rotatable bonds is 4. The van der Waals surface area contributed by atoms with Gasteiger partial charge in [-0.2, -0.15) is 0 Å². The van der Waals surface area contributed by atoms with E-state index in [4.69, 9.17) is 17.3 Å². The molecule has 4 amide bonds. The molecule has 1 aromatic rings. The van der Waals surface area contributed by atoms with Crippen molar-refractivity contribution in [3.8, 4) is 0 Å². The Labute approximate surface area is 191 Å². The molecule has 3 aliphatic heterocycles. The number of carbonyl (C=O) groups is 4. The molecule has 1 spiro atoms. The van der Waals surface area contributed by atoms with Crippen LogP contribution in [0.25, 0.3) is 0 Å². The van der Waals surface area contributed by atoms with Gasteiger partial charge in [0.05, 0.1) is 17.5 Å². The van der Waals surface area contributed by atoms with Gasteiger partial charge in [-0.25, -0.2) is 0 Å². The molecule has 4 N–H and O–H groups in total. The molecule has 1 aliphatic carbocycles. The molecule has 9 heteroatoms. The Morgan fingerprint density at radius 1 is 1.19 bits per heavy atom. The monoisotopic (exact) mass is 458 g/mol. The molecule has 170 valence electrons. The normalized spacial score (nSPS) is 31.9. The predicted molar refractivity (Wildman–Crippen MR) is 118 cm³/mol. The van der Waals surface area contributed by atoms with Crippen LogP contribution >= 0.6 is 11.6 Å². The van der Waals surface area contributed by atoms with Gasteiger partial charge in [-0.05, 0) is 37.8 Å². The third-order valence-corrected chi connectivity index (χ3v) is 8.17. The molecule has 0 bridgehead atoms. The Kier molecular flexibility index (Phi) is 5.05. The topological polar surface area (TPSA) is 122 Å². The summed E-state index contributed by atoms with van der Waals surface area (Å²) in [6.07, 6.45) is 4.99. The van der Waals surface area contributed by atoms with Crippen molar-refractivity contribution in [1.29, 1.82) is 0 Å². The maximum Gasteiger partial charge on any atom is 0.250 e. The maximum atomic E-state index is 13.8. The van der Waals surface area contributed by atoms with E-state index >= 15 is 0 Å². The number of nitrogens with zero attached hydrogens (tertiary/aromatic N) is 1. The number of likely N-dealkylation sites (tertiary alicyclic amines) is 1. The van der Waals surface area contributed by atoms with E-state index in [-0.39, 0.29) is 36.6 Å². The summed E-state index contributed by atoms with van der Waals surface area (Å²) in [7, 11) is 0. The summed E-state index contributed by atoms with van der Waals surface area (Å²) in [4.78, 5) is 53.9. The van der Waals surface area contributed by atoms with Crippen LogP contribution in [0.4, 0.5) is 5.69 Å². The van der Waals surface area contributed by atoms with Crippen LogP contribution in [0.15, 0.2) is 12.1 Å². The molecule has 2 saturated heterocycles. The van der Waals surface area contributed by atoms with Gasteiger partial charge in [0.25, 0.3) is 0 Å². The summed E-state index contributed by atoms with van der Waals surface area (Å²) in [6, 6.07) is 2.83. The number of benzene rings is 1. The molecule has 1 saturated carbocycles. The minimum atomic E-state index is -1.37. The number of imide groups is 1. The Morgan fingerprint density at radius 2 is 1.91 bits per heavy atom. The van der Waals surface area contributed by atoms with Crippen LogP contribution in [0, 0.1) is 18.8 Å². The van der Waals surface area contributed by atoms with Gasteiger partial charge in [-0.3, -0.25) is 29.4 Å². The molecule has 3 fully saturated rings. The van der Waals surface area contributed by atoms with E-state index in [1.165, 1.54) is 4.90 Å². The molecular formula is C23H27ClN4O4. The van der Waals surface area contributed by atoms with Gasteiger partial charge in [0.15, 0.2) is 0 Å². The first kappa shape index (κ1) is 21.4. The number of hydrogen-bond donors (Lipinski definition) is 3. The number of nitrogens with two attached hydrogens (primary N) is 1. The average molecular weight is 459 g/mol. The highest BCUT2D eigenvalue weighted by Gasteiger charge is 2.70. The van der Waals surface area contributed by atoms with Gasteiger partial charge in [-0.1, -0.05) is 36.9 Å². The first-order valence-electron chi connectivity index (χ1n) is 11.3. The highest BCUT2D eigenvalue weighted by molar-refractivity contribution is 6.32. The first-order chi connectivity index (χ1) is 15.3. The van der Waals surface area contributed by atoms with Gasteiger partial charge >= 0.3 is 0 Å². The van der Waals surface area contributed by atoms with Crippen molar-refractivity contribution in [3.05, 3.63) is 28.3 Å². The van der Waals surface area contributed by atoms with Crippen molar-refractivity contribution in [1.82, 2.24) is 10.2 Å². The number of amides is 4. The fourth-order valence-corrected chi connectivity index (χ4v) is 6.41. The second kappa shape index (κ2) is 7.56. The third kappa shape index (κ3) is 2.85. The smallest absolute Gasteiger partial charge is 0.250 e. The Balaban J connectivity index is 1.62. The lowest BCUT2D eigenvalue weighted by Gasteiger charge is -2.34. The standard InChI is InChI=1S/C23H27ClN4O4/c1-11-14(24)8-7-13-19(11)26-22(32)23(13)18-17(15(27-23)9-10-16(25)29)20(30)28(21(18)31)12-5-3-2-4-6-12/h7-8,12,15,17-18,27H,2-6,9-10H2,1H3,(H2,25,29)(H,26,32). The van der Waals surface area contributed by atoms with Gasteiger partial charge in [0.1, 0.15) is 5.54 Å². The van der Waals surface area contributed by atoms with Crippen molar-refractivity contribution < 1.29 is 19.2 Å². The zero-order valence-electron chi connectivity index (χ0n) is 17.9. The molecular weight excluding hydrogens is 432 g/mol. The summed E-state index contributed by atoms with van der Waals surface area (Å²) in [6.45, 7) is 1.81.